The Morgan fingerprint density at radius 2 is 1.54 bits per heavy atom. The topological polar surface area (TPSA) is 15.3 Å². The molecule has 2 aromatic carbocycles. The lowest BCUT2D eigenvalue weighted by atomic mass is 9.98. The van der Waals surface area contributed by atoms with Crippen LogP contribution in [-0.2, 0) is 6.42 Å². The molecule has 1 aliphatic heterocycles. The SMILES string of the molecule is Cl.Cl.FC(F)(F)[C@H](c1ccc2c(c1)Cc1ccccc1-2)N1CCNCC1. The van der Waals surface area contributed by atoms with Gasteiger partial charge in [0, 0.05) is 26.2 Å². The van der Waals surface area contributed by atoms with Gasteiger partial charge in [0.05, 0.1) is 0 Å². The van der Waals surface area contributed by atoms with Gasteiger partial charge < -0.3 is 5.32 Å². The lowest BCUT2D eigenvalue weighted by Crippen LogP contribution is -2.49. The fraction of sp³-hybridized carbons (Fsp3) is 0.368. The van der Waals surface area contributed by atoms with Gasteiger partial charge in [-0.05, 0) is 34.2 Å². The Morgan fingerprint density at radius 3 is 2.23 bits per heavy atom. The minimum absolute atomic E-state index is 0. The number of nitrogens with one attached hydrogen (secondary N) is 1. The number of nitrogens with zero attached hydrogens (tertiary/aromatic N) is 1. The second kappa shape index (κ2) is 8.17. The highest BCUT2D eigenvalue weighted by molar-refractivity contribution is 5.85. The quantitative estimate of drug-likeness (QED) is 0.670. The molecule has 1 atom stereocenters. The molecule has 1 N–H and O–H groups in total. The molecule has 26 heavy (non-hydrogen) atoms. The first-order valence-electron chi connectivity index (χ1n) is 8.26. The number of rotatable bonds is 2. The van der Waals surface area contributed by atoms with Crippen LogP contribution in [0.3, 0.4) is 0 Å². The maximum atomic E-state index is 13.7. The third-order valence-corrected chi connectivity index (χ3v) is 4.96. The van der Waals surface area contributed by atoms with Crippen molar-refractivity contribution in [3.8, 4) is 11.1 Å². The third kappa shape index (κ3) is 3.86. The van der Waals surface area contributed by atoms with Gasteiger partial charge in [0.25, 0.3) is 0 Å². The number of piperazine rings is 1. The molecule has 7 heteroatoms. The van der Waals surface area contributed by atoms with Crippen molar-refractivity contribution in [2.75, 3.05) is 26.2 Å². The summed E-state index contributed by atoms with van der Waals surface area (Å²) in [4.78, 5) is 1.54. The number of alkyl halides is 3. The predicted octanol–water partition coefficient (Wildman–Crippen LogP) is 4.61. The first-order chi connectivity index (χ1) is 11.5. The molecule has 1 aliphatic carbocycles. The van der Waals surface area contributed by atoms with E-state index in [0.29, 0.717) is 38.2 Å². The van der Waals surface area contributed by atoms with Gasteiger partial charge in [-0.3, -0.25) is 4.90 Å². The zero-order valence-corrected chi connectivity index (χ0v) is 15.7. The Morgan fingerprint density at radius 1 is 0.885 bits per heavy atom. The molecule has 2 aliphatic rings. The molecule has 0 radical (unpaired) electrons. The second-order valence-corrected chi connectivity index (χ2v) is 6.48. The van der Waals surface area contributed by atoms with E-state index in [1.807, 2.05) is 30.3 Å². The molecule has 1 heterocycles. The maximum Gasteiger partial charge on any atom is 0.408 e. The van der Waals surface area contributed by atoms with Crippen molar-refractivity contribution >= 4 is 24.8 Å². The lowest BCUT2D eigenvalue weighted by Gasteiger charge is -2.36. The first kappa shape index (κ1) is 21.0. The number of fused-ring (bicyclic) bond motifs is 3. The van der Waals surface area contributed by atoms with E-state index in [-0.39, 0.29) is 24.8 Å². The van der Waals surface area contributed by atoms with Crippen LogP contribution in [0.5, 0.6) is 0 Å². The van der Waals surface area contributed by atoms with Gasteiger partial charge in [-0.15, -0.1) is 24.8 Å². The Kier molecular flexibility index (Phi) is 6.61. The fourth-order valence-corrected chi connectivity index (χ4v) is 3.88. The molecule has 1 saturated heterocycles. The summed E-state index contributed by atoms with van der Waals surface area (Å²) in [6.07, 6.45) is -3.55. The molecule has 2 aromatic rings. The smallest absolute Gasteiger partial charge is 0.314 e. The van der Waals surface area contributed by atoms with E-state index in [0.717, 1.165) is 16.7 Å². The van der Waals surface area contributed by atoms with Gasteiger partial charge in [0.15, 0.2) is 0 Å². The number of benzene rings is 2. The minimum Gasteiger partial charge on any atom is -0.314 e. The zero-order chi connectivity index (χ0) is 16.7. The van der Waals surface area contributed by atoms with E-state index in [1.165, 1.54) is 5.56 Å². The molecule has 0 amide bonds. The summed E-state index contributed by atoms with van der Waals surface area (Å²) in [7, 11) is 0. The molecule has 2 nitrogen and oxygen atoms in total. The minimum atomic E-state index is -4.27. The molecular formula is C19H21Cl2F3N2. The lowest BCUT2D eigenvalue weighted by molar-refractivity contribution is -0.187. The average Bonchev–Trinajstić information content (AvgIpc) is 2.92. The Labute approximate surface area is 163 Å². The largest absolute Gasteiger partial charge is 0.408 e. The number of hydrogen-bond acceptors (Lipinski definition) is 2. The van der Waals surface area contributed by atoms with Crippen molar-refractivity contribution in [1.82, 2.24) is 10.2 Å². The van der Waals surface area contributed by atoms with Crippen molar-refractivity contribution in [1.29, 1.82) is 0 Å². The molecule has 0 aromatic heterocycles. The zero-order valence-electron chi connectivity index (χ0n) is 14.1. The van der Waals surface area contributed by atoms with E-state index in [9.17, 15) is 13.2 Å². The van der Waals surface area contributed by atoms with Crippen molar-refractivity contribution in [3.63, 3.8) is 0 Å². The van der Waals surface area contributed by atoms with E-state index in [1.54, 1.807) is 17.0 Å². The molecule has 4 rings (SSSR count). The summed E-state index contributed by atoms with van der Waals surface area (Å²) in [5, 5.41) is 3.12. The highest BCUT2D eigenvalue weighted by atomic mass is 35.5. The van der Waals surface area contributed by atoms with Gasteiger partial charge in [-0.1, -0.05) is 42.5 Å². The van der Waals surface area contributed by atoms with Crippen molar-refractivity contribution in [2.24, 2.45) is 0 Å². The van der Waals surface area contributed by atoms with Crippen LogP contribution in [0, 0.1) is 0 Å². The van der Waals surface area contributed by atoms with Crippen LogP contribution < -0.4 is 5.32 Å². The maximum absolute atomic E-state index is 13.7. The fourth-order valence-electron chi connectivity index (χ4n) is 3.88. The monoisotopic (exact) mass is 404 g/mol. The van der Waals surface area contributed by atoms with E-state index < -0.39 is 12.2 Å². The summed E-state index contributed by atoms with van der Waals surface area (Å²) in [5.41, 5.74) is 4.75. The Balaban J connectivity index is 0.00000121. The summed E-state index contributed by atoms with van der Waals surface area (Å²) in [6.45, 7) is 2.04. The normalized spacial score (nSPS) is 17.5. The van der Waals surface area contributed by atoms with Crippen molar-refractivity contribution < 1.29 is 13.2 Å². The van der Waals surface area contributed by atoms with Crippen LogP contribution in [0.1, 0.15) is 22.7 Å². The molecule has 0 spiro atoms. The molecule has 0 unspecified atom stereocenters. The first-order valence-corrected chi connectivity index (χ1v) is 8.26. The number of halogens is 5. The summed E-state index contributed by atoms with van der Waals surface area (Å²) >= 11 is 0. The molecule has 1 fully saturated rings. The molecule has 0 saturated carbocycles. The predicted molar refractivity (Wildman–Crippen MR) is 102 cm³/mol. The second-order valence-electron chi connectivity index (χ2n) is 6.48. The Hall–Kier alpha value is -1.27. The van der Waals surface area contributed by atoms with E-state index in [4.69, 9.17) is 0 Å². The van der Waals surface area contributed by atoms with Gasteiger partial charge in [-0.2, -0.15) is 13.2 Å². The van der Waals surface area contributed by atoms with Crippen LogP contribution >= 0.6 is 24.8 Å². The standard InChI is InChI=1S/C19H19F3N2.2ClH/c20-19(21,22)18(24-9-7-23-8-10-24)14-5-6-17-15(12-14)11-13-3-1-2-4-16(13)17;;/h1-6,12,18,23H,7-11H2;2*1H/t18-;;/m0../s1. The summed E-state index contributed by atoms with van der Waals surface area (Å²) < 4.78 is 41.2. The highest BCUT2D eigenvalue weighted by Gasteiger charge is 2.45. The summed E-state index contributed by atoms with van der Waals surface area (Å²) in [5.74, 6) is 0. The Bertz CT molecular complexity index is 759. The van der Waals surface area contributed by atoms with Gasteiger partial charge in [0.1, 0.15) is 6.04 Å². The van der Waals surface area contributed by atoms with E-state index in [2.05, 4.69) is 5.32 Å². The number of hydrogen-bond donors (Lipinski definition) is 1. The summed E-state index contributed by atoms with van der Waals surface area (Å²) in [6, 6.07) is 11.8. The third-order valence-electron chi connectivity index (χ3n) is 4.96. The van der Waals surface area contributed by atoms with E-state index >= 15 is 0 Å². The molecule has 142 valence electrons. The van der Waals surface area contributed by atoms with Gasteiger partial charge >= 0.3 is 6.18 Å². The van der Waals surface area contributed by atoms with Gasteiger partial charge in [-0.25, -0.2) is 0 Å². The van der Waals surface area contributed by atoms with Crippen molar-refractivity contribution in [3.05, 3.63) is 59.2 Å². The van der Waals surface area contributed by atoms with Crippen LogP contribution in [0.2, 0.25) is 0 Å². The molecule has 0 bridgehead atoms. The van der Waals surface area contributed by atoms with Gasteiger partial charge in [0.2, 0.25) is 0 Å². The highest BCUT2D eigenvalue weighted by Crippen LogP contribution is 2.42. The van der Waals surface area contributed by atoms with Crippen LogP contribution in [0.25, 0.3) is 11.1 Å². The average molecular weight is 405 g/mol. The van der Waals surface area contributed by atoms with Crippen LogP contribution in [0.15, 0.2) is 42.5 Å². The molecular weight excluding hydrogens is 384 g/mol. The van der Waals surface area contributed by atoms with Crippen LogP contribution in [0.4, 0.5) is 13.2 Å². The van der Waals surface area contributed by atoms with Crippen LogP contribution in [-0.4, -0.2) is 37.3 Å². The van der Waals surface area contributed by atoms with Crippen molar-refractivity contribution in [2.45, 2.75) is 18.6 Å².